The lowest BCUT2D eigenvalue weighted by Gasteiger charge is -2.47. The molecule has 28 heavy (non-hydrogen) atoms. The fraction of sp³-hybridized carbons (Fsp3) is 0.333. The number of benzene rings is 2. The molecule has 2 bridgehead atoms. The van der Waals surface area contributed by atoms with Crippen LogP contribution in [0.5, 0.6) is 0 Å². The topological polar surface area (TPSA) is 38.1 Å². The Kier molecular flexibility index (Phi) is 3.20. The summed E-state index contributed by atoms with van der Waals surface area (Å²) in [6.07, 6.45) is 1.72. The molecule has 3 aromatic rings. The summed E-state index contributed by atoms with van der Waals surface area (Å²) < 4.78 is 1.78. The molecule has 1 amide bonds. The average molecular weight is 369 g/mol. The lowest BCUT2D eigenvalue weighted by atomic mass is 9.55. The molecule has 7 rings (SSSR count). The first-order chi connectivity index (χ1) is 13.6. The van der Waals surface area contributed by atoms with Gasteiger partial charge in [-0.2, -0.15) is 5.10 Å². The van der Waals surface area contributed by atoms with Crippen LogP contribution in [0.3, 0.4) is 0 Å². The second-order valence-electron chi connectivity index (χ2n) is 8.52. The van der Waals surface area contributed by atoms with Crippen molar-refractivity contribution in [2.75, 3.05) is 13.1 Å². The van der Waals surface area contributed by atoms with Crippen LogP contribution in [0.1, 0.15) is 50.1 Å². The van der Waals surface area contributed by atoms with Gasteiger partial charge in [0.15, 0.2) is 0 Å². The molecule has 0 saturated carbocycles. The number of rotatable bonds is 1. The Morgan fingerprint density at radius 1 is 0.893 bits per heavy atom. The van der Waals surface area contributed by atoms with Crippen molar-refractivity contribution >= 4 is 5.91 Å². The quantitative estimate of drug-likeness (QED) is 0.656. The normalized spacial score (nSPS) is 26.7. The summed E-state index contributed by atoms with van der Waals surface area (Å²) in [4.78, 5) is 15.4. The average Bonchev–Trinajstić information content (AvgIpc) is 3.32. The van der Waals surface area contributed by atoms with Crippen LogP contribution in [0.25, 0.3) is 0 Å². The fourth-order valence-electron chi connectivity index (χ4n) is 6.02. The molecule has 2 aromatic carbocycles. The van der Waals surface area contributed by atoms with Gasteiger partial charge >= 0.3 is 0 Å². The van der Waals surface area contributed by atoms with Gasteiger partial charge in [0.2, 0.25) is 0 Å². The predicted octanol–water partition coefficient (Wildman–Crippen LogP) is 3.71. The highest BCUT2D eigenvalue weighted by molar-refractivity contribution is 5.95. The third-order valence-electron chi connectivity index (χ3n) is 7.35. The standard InChI is InChI=1S/C24H23N3O/c1-14-19(11-25-26(14)2)24(28)27-12-20-21(13-27)23-16-8-4-3-7-15(16)22(20)17-9-5-6-10-18(17)23/h3-11,20-23H,12-13H2,1-2H3. The third kappa shape index (κ3) is 1.95. The minimum Gasteiger partial charge on any atom is -0.338 e. The number of likely N-dealkylation sites (tertiary alicyclic amines) is 1. The van der Waals surface area contributed by atoms with Crippen molar-refractivity contribution in [3.05, 3.63) is 88.2 Å². The summed E-state index contributed by atoms with van der Waals surface area (Å²) in [5, 5.41) is 4.28. The van der Waals surface area contributed by atoms with Crippen LogP contribution in [0.15, 0.2) is 54.7 Å². The van der Waals surface area contributed by atoms with Gasteiger partial charge in [-0.25, -0.2) is 0 Å². The summed E-state index contributed by atoms with van der Waals surface area (Å²) in [6, 6.07) is 17.8. The molecule has 2 unspecified atom stereocenters. The minimum absolute atomic E-state index is 0.132. The van der Waals surface area contributed by atoms with Gasteiger partial charge in [0, 0.05) is 37.7 Å². The maximum absolute atomic E-state index is 13.3. The maximum atomic E-state index is 13.3. The fourth-order valence-corrected chi connectivity index (χ4v) is 6.02. The van der Waals surface area contributed by atoms with Gasteiger partial charge in [-0.1, -0.05) is 48.5 Å². The number of nitrogens with zero attached hydrogens (tertiary/aromatic N) is 3. The van der Waals surface area contributed by atoms with Crippen molar-refractivity contribution in [3.8, 4) is 0 Å². The highest BCUT2D eigenvalue weighted by Gasteiger charge is 2.53. The molecule has 4 aliphatic rings. The molecule has 1 aliphatic heterocycles. The van der Waals surface area contributed by atoms with Crippen molar-refractivity contribution in [2.24, 2.45) is 18.9 Å². The number of hydrogen-bond donors (Lipinski definition) is 0. The minimum atomic E-state index is 0.132. The Hall–Kier alpha value is -2.88. The van der Waals surface area contributed by atoms with E-state index in [9.17, 15) is 4.79 Å². The van der Waals surface area contributed by atoms with Crippen LogP contribution in [-0.2, 0) is 7.05 Å². The summed E-state index contributed by atoms with van der Waals surface area (Å²) >= 11 is 0. The largest absolute Gasteiger partial charge is 0.338 e. The number of hydrogen-bond acceptors (Lipinski definition) is 2. The van der Waals surface area contributed by atoms with E-state index in [4.69, 9.17) is 0 Å². The van der Waals surface area contributed by atoms with Crippen LogP contribution >= 0.6 is 0 Å². The van der Waals surface area contributed by atoms with Gasteiger partial charge in [-0.05, 0) is 41.0 Å². The summed E-state index contributed by atoms with van der Waals surface area (Å²) in [6.45, 7) is 3.64. The first kappa shape index (κ1) is 16.1. The zero-order chi connectivity index (χ0) is 19.0. The second kappa shape index (κ2) is 5.57. The number of aryl methyl sites for hydroxylation is 1. The first-order valence-electron chi connectivity index (χ1n) is 10.1. The van der Waals surface area contributed by atoms with E-state index >= 15 is 0 Å². The molecule has 1 aromatic heterocycles. The number of amides is 1. The SMILES string of the molecule is Cc1c(C(=O)N2CC3C4c5ccccc5C(c5ccccc54)C3C2)cnn1C. The third-order valence-corrected chi connectivity index (χ3v) is 7.35. The van der Waals surface area contributed by atoms with Crippen molar-refractivity contribution < 1.29 is 4.79 Å². The van der Waals surface area contributed by atoms with Crippen LogP contribution in [-0.4, -0.2) is 33.7 Å². The van der Waals surface area contributed by atoms with E-state index in [1.54, 1.807) is 10.9 Å². The Balaban J connectivity index is 1.43. The Morgan fingerprint density at radius 2 is 1.36 bits per heavy atom. The number of carbonyl (C=O) groups is 1. The van der Waals surface area contributed by atoms with Crippen molar-refractivity contribution in [1.29, 1.82) is 0 Å². The van der Waals surface area contributed by atoms with Crippen molar-refractivity contribution in [3.63, 3.8) is 0 Å². The van der Waals surface area contributed by atoms with Crippen molar-refractivity contribution in [1.82, 2.24) is 14.7 Å². The molecule has 0 N–H and O–H groups in total. The molecule has 3 aliphatic carbocycles. The molecule has 0 spiro atoms. The van der Waals surface area contributed by atoms with E-state index in [-0.39, 0.29) is 5.91 Å². The smallest absolute Gasteiger partial charge is 0.257 e. The molecule has 1 fully saturated rings. The van der Waals surface area contributed by atoms with E-state index in [2.05, 4.69) is 58.5 Å². The van der Waals surface area contributed by atoms with E-state index in [0.717, 1.165) is 24.3 Å². The van der Waals surface area contributed by atoms with Gasteiger partial charge in [-0.3, -0.25) is 9.48 Å². The number of aromatic nitrogens is 2. The van der Waals surface area contributed by atoms with Gasteiger partial charge in [-0.15, -0.1) is 0 Å². The van der Waals surface area contributed by atoms with Gasteiger partial charge < -0.3 is 4.90 Å². The molecule has 1 saturated heterocycles. The van der Waals surface area contributed by atoms with Crippen LogP contribution < -0.4 is 0 Å². The monoisotopic (exact) mass is 369 g/mol. The summed E-state index contributed by atoms with van der Waals surface area (Å²) in [5.74, 6) is 1.92. The highest BCUT2D eigenvalue weighted by atomic mass is 16.2. The molecule has 0 radical (unpaired) electrons. The van der Waals surface area contributed by atoms with Crippen molar-refractivity contribution in [2.45, 2.75) is 18.8 Å². The predicted molar refractivity (Wildman–Crippen MR) is 107 cm³/mol. The second-order valence-corrected chi connectivity index (χ2v) is 8.52. The van der Waals surface area contributed by atoms with E-state index < -0.39 is 0 Å². The zero-order valence-corrected chi connectivity index (χ0v) is 16.2. The maximum Gasteiger partial charge on any atom is 0.257 e. The van der Waals surface area contributed by atoms with E-state index in [0.29, 0.717) is 23.7 Å². The van der Waals surface area contributed by atoms with Gasteiger partial charge in [0.1, 0.15) is 0 Å². The van der Waals surface area contributed by atoms with Crippen LogP contribution in [0.2, 0.25) is 0 Å². The summed E-state index contributed by atoms with van der Waals surface area (Å²) in [7, 11) is 1.89. The number of carbonyl (C=O) groups excluding carboxylic acids is 1. The van der Waals surface area contributed by atoms with Crippen LogP contribution in [0.4, 0.5) is 0 Å². The molecule has 4 nitrogen and oxygen atoms in total. The molecule has 2 heterocycles. The summed E-state index contributed by atoms with van der Waals surface area (Å²) in [5.41, 5.74) is 7.56. The molecular weight excluding hydrogens is 346 g/mol. The molecule has 2 atom stereocenters. The molecule has 140 valence electrons. The Morgan fingerprint density at radius 3 is 1.75 bits per heavy atom. The Bertz CT molecular complexity index is 1010. The Labute approximate surface area is 164 Å². The highest BCUT2D eigenvalue weighted by Crippen LogP contribution is 2.60. The lowest BCUT2D eigenvalue weighted by molar-refractivity contribution is 0.0782. The van der Waals surface area contributed by atoms with Crippen LogP contribution in [0, 0.1) is 18.8 Å². The van der Waals surface area contributed by atoms with E-state index in [1.165, 1.54) is 22.3 Å². The molecule has 4 heteroatoms. The molecular formula is C24H23N3O. The van der Waals surface area contributed by atoms with Gasteiger partial charge in [0.25, 0.3) is 5.91 Å². The lowest BCUT2D eigenvalue weighted by Crippen LogP contribution is -2.39. The zero-order valence-electron chi connectivity index (χ0n) is 16.2. The van der Waals surface area contributed by atoms with E-state index in [1.807, 2.05) is 14.0 Å². The van der Waals surface area contributed by atoms with Gasteiger partial charge in [0.05, 0.1) is 11.8 Å². The first-order valence-corrected chi connectivity index (χ1v) is 10.1.